The molecule has 0 amide bonds. The summed E-state index contributed by atoms with van der Waals surface area (Å²) in [5.41, 5.74) is 3.38. The molecule has 0 N–H and O–H groups in total. The van der Waals surface area contributed by atoms with Crippen molar-refractivity contribution in [1.82, 2.24) is 4.48 Å². The summed E-state index contributed by atoms with van der Waals surface area (Å²) in [6, 6.07) is 16.5. The number of rotatable bonds is 4. The Morgan fingerprint density at radius 1 is 0.960 bits per heavy atom. The van der Waals surface area contributed by atoms with E-state index < -0.39 is 0 Å². The van der Waals surface area contributed by atoms with Crippen molar-refractivity contribution < 1.29 is 4.74 Å². The van der Waals surface area contributed by atoms with Crippen LogP contribution in [0.1, 0.15) is 18.1 Å². The summed E-state index contributed by atoms with van der Waals surface area (Å²) in [5, 5.41) is 9.03. The molecule has 0 spiro atoms. The van der Waals surface area contributed by atoms with E-state index in [1.807, 2.05) is 43.3 Å². The van der Waals surface area contributed by atoms with Crippen molar-refractivity contribution in [3.63, 3.8) is 0 Å². The minimum Gasteiger partial charge on any atom is -0.494 e. The zero-order chi connectivity index (χ0) is 17.3. The molecule has 4 heteroatoms. The molecule has 1 atom stereocenters. The summed E-state index contributed by atoms with van der Waals surface area (Å²) < 4.78 is 5.98. The van der Waals surface area contributed by atoms with Gasteiger partial charge in [-0.05, 0) is 49.8 Å². The van der Waals surface area contributed by atoms with Crippen LogP contribution < -0.4 is 9.22 Å². The van der Waals surface area contributed by atoms with E-state index in [0.717, 1.165) is 28.7 Å². The van der Waals surface area contributed by atoms with Crippen LogP contribution in [-0.2, 0) is 0 Å². The van der Waals surface area contributed by atoms with Crippen LogP contribution in [0.2, 0.25) is 0 Å². The third-order valence-corrected chi connectivity index (χ3v) is 4.55. The van der Waals surface area contributed by atoms with Crippen LogP contribution in [0, 0.1) is 6.92 Å². The number of amidine groups is 2. The maximum Gasteiger partial charge on any atom is 0.270 e. The van der Waals surface area contributed by atoms with Crippen LogP contribution in [0.4, 0.5) is 5.69 Å². The first-order valence-corrected chi connectivity index (χ1v) is 8.46. The number of allylic oxidation sites excluding steroid dienone is 2. The molecule has 0 saturated heterocycles. The monoisotopic (exact) mass is 330 g/mol. The van der Waals surface area contributed by atoms with Crippen LogP contribution >= 0.6 is 0 Å². The van der Waals surface area contributed by atoms with Gasteiger partial charge in [0.25, 0.3) is 11.7 Å². The second-order valence-corrected chi connectivity index (χ2v) is 6.05. The smallest absolute Gasteiger partial charge is 0.270 e. The molecule has 0 bridgehead atoms. The van der Waals surface area contributed by atoms with E-state index >= 15 is 0 Å². The Morgan fingerprint density at radius 2 is 1.76 bits per heavy atom. The lowest BCUT2D eigenvalue weighted by Gasteiger charge is -2.31. The molecule has 2 aliphatic rings. The van der Waals surface area contributed by atoms with Gasteiger partial charge in [-0.1, -0.05) is 28.4 Å². The van der Waals surface area contributed by atoms with Crippen molar-refractivity contribution in [1.29, 1.82) is 0 Å². The Kier molecular flexibility index (Phi) is 3.82. The first-order chi connectivity index (χ1) is 12.3. The molecular weight excluding hydrogens is 310 g/mol. The van der Waals surface area contributed by atoms with Crippen LogP contribution in [0.3, 0.4) is 0 Å². The largest absolute Gasteiger partial charge is 0.494 e. The second kappa shape index (κ2) is 6.15. The van der Waals surface area contributed by atoms with E-state index in [0.29, 0.717) is 11.1 Å². The van der Waals surface area contributed by atoms with Gasteiger partial charge >= 0.3 is 0 Å². The Bertz CT molecular complexity index is 922. The highest BCUT2D eigenvalue weighted by Gasteiger charge is 2.46. The van der Waals surface area contributed by atoms with Crippen LogP contribution in [0.25, 0.3) is 0 Å². The fourth-order valence-electron chi connectivity index (χ4n) is 3.32. The molecule has 2 aromatic carbocycles. The minimum atomic E-state index is 0.397. The van der Waals surface area contributed by atoms with Crippen molar-refractivity contribution in [2.75, 3.05) is 6.61 Å². The summed E-state index contributed by atoms with van der Waals surface area (Å²) >= 11 is 0. The molecule has 25 heavy (non-hydrogen) atoms. The van der Waals surface area contributed by atoms with Gasteiger partial charge in [0.1, 0.15) is 11.9 Å². The van der Waals surface area contributed by atoms with Crippen molar-refractivity contribution >= 4 is 17.4 Å². The van der Waals surface area contributed by atoms with Crippen molar-refractivity contribution in [3.8, 4) is 5.75 Å². The van der Waals surface area contributed by atoms with Crippen LogP contribution in [0.15, 0.2) is 83.2 Å². The standard InChI is InChI=1S/C21H20N3O/c1-3-25-18-13-11-17(12-14-18)24-15-7-6-10-20(24)22-23-21(24)19-9-5-4-8-16(19)2/h4-15H,3H2,1-2H3/q+1. The molecule has 0 saturated carbocycles. The molecule has 0 aliphatic carbocycles. The second-order valence-electron chi connectivity index (χ2n) is 6.05. The van der Waals surface area contributed by atoms with Gasteiger partial charge in [0.15, 0.2) is 5.69 Å². The SMILES string of the molecule is CCOc1ccc([N+]23C=CC=CC2=NN=C3c2ccccc2C)cc1. The third kappa shape index (κ3) is 2.42. The molecule has 2 heterocycles. The van der Waals surface area contributed by atoms with Gasteiger partial charge in [-0.3, -0.25) is 0 Å². The third-order valence-electron chi connectivity index (χ3n) is 4.55. The average molecular weight is 330 g/mol. The van der Waals surface area contributed by atoms with E-state index in [2.05, 4.69) is 53.7 Å². The molecule has 0 aromatic heterocycles. The maximum absolute atomic E-state index is 5.59. The van der Waals surface area contributed by atoms with Gasteiger partial charge in [-0.15, -0.1) is 0 Å². The first kappa shape index (κ1) is 15.5. The molecule has 2 aromatic rings. The van der Waals surface area contributed by atoms with Crippen LogP contribution in [-0.4, -0.2) is 18.3 Å². The fourth-order valence-corrected chi connectivity index (χ4v) is 3.32. The lowest BCUT2D eigenvalue weighted by molar-refractivity contribution is 0.340. The van der Waals surface area contributed by atoms with Crippen molar-refractivity contribution in [2.24, 2.45) is 10.2 Å². The quantitative estimate of drug-likeness (QED) is 0.757. The number of hydrogen-bond donors (Lipinski definition) is 0. The summed E-state index contributed by atoms with van der Waals surface area (Å²) in [7, 11) is 0. The number of fused-ring (bicyclic) bond motifs is 1. The molecular formula is C21H20N3O+. The molecule has 0 fully saturated rings. The zero-order valence-corrected chi connectivity index (χ0v) is 14.4. The lowest BCUT2D eigenvalue weighted by atomic mass is 10.0. The van der Waals surface area contributed by atoms with E-state index in [1.165, 1.54) is 5.56 Å². The van der Waals surface area contributed by atoms with E-state index in [-0.39, 0.29) is 0 Å². The molecule has 4 rings (SSSR count). The van der Waals surface area contributed by atoms with Crippen molar-refractivity contribution in [3.05, 3.63) is 84.1 Å². The lowest BCUT2D eigenvalue weighted by Crippen LogP contribution is -2.52. The summed E-state index contributed by atoms with van der Waals surface area (Å²) in [5.74, 6) is 2.68. The van der Waals surface area contributed by atoms with Gasteiger partial charge in [-0.25, -0.2) is 0 Å². The number of hydrogen-bond acceptors (Lipinski definition) is 3. The van der Waals surface area contributed by atoms with Gasteiger partial charge in [0.2, 0.25) is 0 Å². The number of benzene rings is 2. The molecule has 4 nitrogen and oxygen atoms in total. The highest BCUT2D eigenvalue weighted by molar-refractivity contribution is 6.26. The van der Waals surface area contributed by atoms with Gasteiger partial charge in [-0.2, -0.15) is 4.48 Å². The Hall–Kier alpha value is -2.98. The average Bonchev–Trinajstić information content (AvgIpc) is 3.03. The topological polar surface area (TPSA) is 34.0 Å². The minimum absolute atomic E-state index is 0.397. The van der Waals surface area contributed by atoms with E-state index in [1.54, 1.807) is 0 Å². The fraction of sp³-hybridized carbons (Fsp3) is 0.143. The highest BCUT2D eigenvalue weighted by Crippen LogP contribution is 2.35. The molecule has 124 valence electrons. The van der Waals surface area contributed by atoms with Gasteiger partial charge < -0.3 is 4.74 Å². The van der Waals surface area contributed by atoms with E-state index in [4.69, 9.17) is 4.74 Å². The molecule has 1 unspecified atom stereocenters. The summed E-state index contributed by atoms with van der Waals surface area (Å²) in [4.78, 5) is 0. The number of nitrogens with zero attached hydrogens (tertiary/aromatic N) is 3. The Morgan fingerprint density at radius 3 is 2.52 bits per heavy atom. The highest BCUT2D eigenvalue weighted by atomic mass is 16.5. The first-order valence-electron chi connectivity index (χ1n) is 8.46. The normalized spacial score (nSPS) is 20.9. The predicted octanol–water partition coefficient (Wildman–Crippen LogP) is 4.56. The Labute approximate surface area is 147 Å². The number of aryl methyl sites for hydroxylation is 1. The van der Waals surface area contributed by atoms with Gasteiger partial charge in [0.05, 0.1) is 12.2 Å². The maximum atomic E-state index is 5.59. The molecule has 0 radical (unpaired) electrons. The van der Waals surface area contributed by atoms with E-state index in [9.17, 15) is 0 Å². The summed E-state index contributed by atoms with van der Waals surface area (Å²) in [6.45, 7) is 4.75. The zero-order valence-electron chi connectivity index (χ0n) is 14.4. The van der Waals surface area contributed by atoms with Crippen molar-refractivity contribution in [2.45, 2.75) is 13.8 Å². The number of ether oxygens (including phenoxy) is 1. The number of quaternary nitrogens is 1. The predicted molar refractivity (Wildman–Crippen MR) is 103 cm³/mol. The molecule has 2 aliphatic heterocycles. The Balaban J connectivity index is 1.86. The van der Waals surface area contributed by atoms with Crippen LogP contribution in [0.5, 0.6) is 5.75 Å². The van der Waals surface area contributed by atoms with Gasteiger partial charge in [0, 0.05) is 18.2 Å². The summed E-state index contributed by atoms with van der Waals surface area (Å²) in [6.07, 6.45) is 8.20.